The molecule has 3 nitrogen and oxygen atoms in total. The quantitative estimate of drug-likeness (QED) is 0.104. The van der Waals surface area contributed by atoms with E-state index in [0.29, 0.717) is 13.0 Å². The average Bonchev–Trinajstić information content (AvgIpc) is 2.62. The molecule has 0 radical (unpaired) electrons. The number of hydrogen-bond acceptors (Lipinski definition) is 2. The van der Waals surface area contributed by atoms with Gasteiger partial charge in [-0.2, -0.15) is 0 Å². The fraction of sp³-hybridized carbons (Fsp3) is 0.870. The van der Waals surface area contributed by atoms with Gasteiger partial charge in [0, 0.05) is 6.42 Å². The minimum Gasteiger partial charge on any atom is -0.549 e. The summed E-state index contributed by atoms with van der Waals surface area (Å²) in [4.78, 5) is 12.2. The first-order valence-electron chi connectivity index (χ1n) is 11.2. The van der Waals surface area contributed by atoms with Crippen LogP contribution in [0.3, 0.4) is 0 Å². The molecule has 1 unspecified atom stereocenters. The Bertz CT molecular complexity index is 377. The maximum Gasteiger partial charge on any atom is 0.164 e. The number of quaternary nitrogens is 1. The van der Waals surface area contributed by atoms with E-state index in [1.54, 1.807) is 0 Å². The zero-order valence-electron chi connectivity index (χ0n) is 18.6. The molecule has 1 atom stereocenters. The van der Waals surface area contributed by atoms with Gasteiger partial charge in [-0.3, -0.25) is 4.79 Å². The summed E-state index contributed by atoms with van der Waals surface area (Å²) in [5.74, 6) is 0.218. The highest BCUT2D eigenvalue weighted by molar-refractivity contribution is 7.09. The molecule has 0 N–H and O–H groups in total. The maximum atomic E-state index is 12.2. The van der Waals surface area contributed by atoms with Gasteiger partial charge in [-0.1, -0.05) is 70.4 Å². The lowest BCUT2D eigenvalue weighted by Crippen LogP contribution is -2.44. The number of Topliss-reactive ketones (excluding diaryl/α,β-unsaturated/α-hetero) is 1. The summed E-state index contributed by atoms with van der Waals surface area (Å²) < 4.78 is 5.93. The molecule has 0 aromatic rings. The zero-order chi connectivity index (χ0) is 20.4. The number of hydrogen-bond donors (Lipinski definition) is 0. The number of rotatable bonds is 19. The number of nitrogens with zero attached hydrogens (tertiary/aromatic N) is 1. The molecule has 0 aliphatic rings. The van der Waals surface area contributed by atoms with Gasteiger partial charge in [0.2, 0.25) is 0 Å². The largest absolute Gasteiger partial charge is 0.549 e. The smallest absolute Gasteiger partial charge is 0.164 e. The predicted octanol–water partition coefficient (Wildman–Crippen LogP) is 6.74. The number of allylic oxidation sites excluding steroid dienone is 2. The second-order valence-corrected chi connectivity index (χ2v) is 9.12. The van der Waals surface area contributed by atoms with Gasteiger partial charge in [0.15, 0.2) is 5.78 Å². The van der Waals surface area contributed by atoms with Crippen LogP contribution in [0.4, 0.5) is 0 Å². The van der Waals surface area contributed by atoms with Crippen molar-refractivity contribution in [2.24, 2.45) is 0 Å². The Balaban J connectivity index is 3.48. The summed E-state index contributed by atoms with van der Waals surface area (Å²) >= 11 is 0. The van der Waals surface area contributed by atoms with E-state index in [2.05, 4.69) is 49.7 Å². The van der Waals surface area contributed by atoms with Gasteiger partial charge in [0.05, 0.1) is 21.1 Å². The summed E-state index contributed by atoms with van der Waals surface area (Å²) in [6.07, 6.45) is 21.7. The molecule has 0 spiro atoms. The minimum absolute atomic E-state index is 0.218. The molecular formula is C23H46NO2P. The molecule has 0 saturated carbocycles. The maximum absolute atomic E-state index is 12.2. The van der Waals surface area contributed by atoms with Crippen molar-refractivity contribution in [3.8, 4) is 0 Å². The van der Waals surface area contributed by atoms with E-state index >= 15 is 0 Å². The molecule has 0 aliphatic carbocycles. The number of unbranched alkanes of at least 4 members (excludes halogenated alkanes) is 11. The van der Waals surface area contributed by atoms with Crippen LogP contribution >= 0.6 is 9.47 Å². The number of carbonyl (C=O) groups is 1. The number of carbonyl (C=O) groups excluding carboxylic acids is 1. The van der Waals surface area contributed by atoms with Gasteiger partial charge >= 0.3 is 0 Å². The molecule has 0 aliphatic heterocycles. The summed E-state index contributed by atoms with van der Waals surface area (Å²) in [6, 6.07) is 0. The van der Waals surface area contributed by atoms with Crippen molar-refractivity contribution < 1.29 is 13.8 Å². The van der Waals surface area contributed by atoms with Crippen molar-refractivity contribution in [3.63, 3.8) is 0 Å². The van der Waals surface area contributed by atoms with Crippen molar-refractivity contribution in [1.29, 1.82) is 0 Å². The molecule has 0 saturated heterocycles. The molecule has 4 heteroatoms. The van der Waals surface area contributed by atoms with E-state index in [4.69, 9.17) is 4.52 Å². The second kappa shape index (κ2) is 17.8. The van der Waals surface area contributed by atoms with Gasteiger partial charge < -0.3 is 18.5 Å². The summed E-state index contributed by atoms with van der Waals surface area (Å²) in [6.45, 7) is 2.97. The van der Waals surface area contributed by atoms with Gasteiger partial charge in [-0.05, 0) is 32.1 Å². The number of likely N-dealkylation sites (N-methyl/N-ethyl adjacent to an activating group) is 1. The van der Waals surface area contributed by atoms with Crippen molar-refractivity contribution in [3.05, 3.63) is 12.2 Å². The standard InChI is InChI=1S/C23H46NO2P/c1-5-6-7-8-9-10-11-12-13-14-15-16-17-18-19-20-22(25)23(26-27)21-24(2,3)4/h12-13,23,27H,5-11,14-21H2,1-4H3. The molecule has 0 heterocycles. The van der Waals surface area contributed by atoms with Crippen molar-refractivity contribution >= 4 is 15.2 Å². The summed E-state index contributed by atoms with van der Waals surface area (Å²) in [7, 11) is 9.30. The fourth-order valence-corrected chi connectivity index (χ4v) is 3.44. The molecule has 0 aromatic carbocycles. The minimum atomic E-state index is -0.335. The van der Waals surface area contributed by atoms with E-state index < -0.39 is 0 Å². The van der Waals surface area contributed by atoms with Gasteiger partial charge in [-0.15, -0.1) is 0 Å². The lowest BCUT2D eigenvalue weighted by Gasteiger charge is -2.30. The molecular weight excluding hydrogens is 353 g/mol. The highest BCUT2D eigenvalue weighted by atomic mass is 31.0. The van der Waals surface area contributed by atoms with Crippen molar-refractivity contribution in [1.82, 2.24) is 0 Å². The highest BCUT2D eigenvalue weighted by Crippen LogP contribution is 2.13. The highest BCUT2D eigenvalue weighted by Gasteiger charge is 2.21. The SMILES string of the molecule is CCCCCCCCC=CCCCCCCCC(=O)C(C[N+](C)(C)C)O[PH-]. The van der Waals surface area contributed by atoms with Crippen LogP contribution < -0.4 is 0 Å². The van der Waals surface area contributed by atoms with Crippen LogP contribution in [0.15, 0.2) is 12.2 Å². The predicted molar refractivity (Wildman–Crippen MR) is 121 cm³/mol. The zero-order valence-corrected chi connectivity index (χ0v) is 19.6. The van der Waals surface area contributed by atoms with Crippen LogP contribution in [0.25, 0.3) is 0 Å². The Morgan fingerprint density at radius 1 is 0.852 bits per heavy atom. The monoisotopic (exact) mass is 399 g/mol. The van der Waals surface area contributed by atoms with Crippen LogP contribution in [0.1, 0.15) is 96.8 Å². The Kier molecular flexibility index (Phi) is 17.7. The van der Waals surface area contributed by atoms with E-state index in [0.717, 1.165) is 17.3 Å². The average molecular weight is 400 g/mol. The van der Waals surface area contributed by atoms with E-state index in [1.165, 1.54) is 70.6 Å². The Labute approximate surface area is 172 Å². The molecule has 160 valence electrons. The third-order valence-corrected chi connectivity index (χ3v) is 5.18. The lowest BCUT2D eigenvalue weighted by molar-refractivity contribution is -0.872. The fourth-order valence-electron chi connectivity index (χ4n) is 3.23. The third-order valence-electron chi connectivity index (χ3n) is 4.90. The van der Waals surface area contributed by atoms with Gasteiger partial charge in [0.25, 0.3) is 0 Å². The molecule has 0 aromatic heterocycles. The van der Waals surface area contributed by atoms with Crippen molar-refractivity contribution in [2.75, 3.05) is 27.7 Å². The first-order chi connectivity index (χ1) is 12.9. The lowest BCUT2D eigenvalue weighted by atomic mass is 10.0. The molecule has 0 fully saturated rings. The summed E-state index contributed by atoms with van der Waals surface area (Å²) in [5.41, 5.74) is 0. The van der Waals surface area contributed by atoms with Crippen LogP contribution in [0, 0.1) is 0 Å². The van der Waals surface area contributed by atoms with E-state index in [-0.39, 0.29) is 11.9 Å². The van der Waals surface area contributed by atoms with Crippen LogP contribution in [-0.2, 0) is 9.32 Å². The van der Waals surface area contributed by atoms with E-state index in [1.807, 2.05) is 0 Å². The van der Waals surface area contributed by atoms with Crippen LogP contribution in [-0.4, -0.2) is 44.1 Å². The molecule has 27 heavy (non-hydrogen) atoms. The van der Waals surface area contributed by atoms with Gasteiger partial charge in [-0.25, -0.2) is 0 Å². The summed E-state index contributed by atoms with van der Waals surface area (Å²) in [5, 5.41) is 0. The first-order valence-corrected chi connectivity index (χ1v) is 11.6. The molecule has 0 bridgehead atoms. The Morgan fingerprint density at radius 3 is 1.81 bits per heavy atom. The van der Waals surface area contributed by atoms with E-state index in [9.17, 15) is 4.79 Å². The molecule has 0 rings (SSSR count). The topological polar surface area (TPSA) is 26.3 Å². The van der Waals surface area contributed by atoms with Crippen LogP contribution in [0.5, 0.6) is 0 Å². The number of ketones is 1. The third kappa shape index (κ3) is 18.9. The normalized spacial score (nSPS) is 13.4. The van der Waals surface area contributed by atoms with Crippen LogP contribution in [0.2, 0.25) is 0 Å². The first kappa shape index (κ1) is 26.8. The van der Waals surface area contributed by atoms with Crippen molar-refractivity contribution in [2.45, 2.75) is 103 Å². The Morgan fingerprint density at radius 2 is 1.33 bits per heavy atom. The second-order valence-electron chi connectivity index (χ2n) is 8.88. The molecule has 0 amide bonds. The van der Waals surface area contributed by atoms with Gasteiger partial charge in [0.1, 0.15) is 12.6 Å². The Hall–Kier alpha value is -0.240.